The summed E-state index contributed by atoms with van der Waals surface area (Å²) in [6.07, 6.45) is 6.24. The molecule has 0 saturated carbocycles. The zero-order chi connectivity index (χ0) is 36.2. The Kier molecular flexibility index (Phi) is 9.58. The van der Waals surface area contributed by atoms with Gasteiger partial charge in [0.15, 0.2) is 5.82 Å². The Balaban J connectivity index is 1.41. The summed E-state index contributed by atoms with van der Waals surface area (Å²) >= 11 is 8.12. The van der Waals surface area contributed by atoms with Crippen LogP contribution in [0.5, 0.6) is 6.01 Å². The van der Waals surface area contributed by atoms with Gasteiger partial charge in [0.05, 0.1) is 26.9 Å². The normalized spacial score (nSPS) is 19.9. The van der Waals surface area contributed by atoms with Crippen LogP contribution in [0.3, 0.4) is 0 Å². The number of nitrogens with zero attached hydrogens (tertiary/aromatic N) is 6. The number of halogens is 3. The maximum absolute atomic E-state index is 17.3. The second-order valence-electron chi connectivity index (χ2n) is 14.1. The molecule has 51 heavy (non-hydrogen) atoms. The topological polar surface area (TPSA) is 97.6 Å². The third-order valence-corrected chi connectivity index (χ3v) is 12.3. The van der Waals surface area contributed by atoms with E-state index < -0.39 is 11.6 Å². The van der Waals surface area contributed by atoms with Gasteiger partial charge in [0.2, 0.25) is 5.91 Å². The number of nitriles is 1. The van der Waals surface area contributed by atoms with Crippen LogP contribution >= 0.6 is 22.9 Å². The number of amides is 1. The number of anilines is 2. The van der Waals surface area contributed by atoms with E-state index in [-0.39, 0.29) is 61.9 Å². The maximum Gasteiger partial charge on any atom is 0.319 e. The molecule has 2 atom stereocenters. The number of ether oxygens (including phenoxy) is 1. The number of carbonyl (C=O) groups is 1. The van der Waals surface area contributed by atoms with Crippen LogP contribution in [0.4, 0.5) is 19.6 Å². The molecule has 1 amide bonds. The monoisotopic (exact) mass is 733 g/mol. The van der Waals surface area contributed by atoms with Crippen LogP contribution in [0.15, 0.2) is 30.9 Å². The first-order valence-corrected chi connectivity index (χ1v) is 18.9. The van der Waals surface area contributed by atoms with E-state index >= 15 is 8.78 Å². The Morgan fingerprint density at radius 2 is 2.02 bits per heavy atom. The summed E-state index contributed by atoms with van der Waals surface area (Å²) in [5.41, 5.74) is 0.462. The lowest BCUT2D eigenvalue weighted by atomic mass is 9.95. The summed E-state index contributed by atoms with van der Waals surface area (Å²) < 4.78 is 39.3. The van der Waals surface area contributed by atoms with E-state index in [4.69, 9.17) is 26.3 Å². The predicted molar refractivity (Wildman–Crippen MR) is 200 cm³/mol. The molecule has 0 bridgehead atoms. The lowest BCUT2D eigenvalue weighted by molar-refractivity contribution is -0.126. The van der Waals surface area contributed by atoms with Crippen LogP contribution in [0, 0.1) is 23.0 Å². The molecule has 4 aromatic rings. The first-order valence-electron chi connectivity index (χ1n) is 17.7. The molecule has 1 N–H and O–H groups in total. The molecule has 7 rings (SSSR count). The minimum absolute atomic E-state index is 0.0106. The first kappa shape index (κ1) is 35.4. The zero-order valence-electron chi connectivity index (χ0n) is 29.4. The summed E-state index contributed by atoms with van der Waals surface area (Å²) in [6.45, 7) is 15.0. The number of benzene rings is 2. The molecule has 3 aliphatic heterocycles. The zero-order valence-corrected chi connectivity index (χ0v) is 30.9. The molecule has 2 unspecified atom stereocenters. The molecule has 268 valence electrons. The van der Waals surface area contributed by atoms with Gasteiger partial charge in [0.25, 0.3) is 0 Å². The van der Waals surface area contributed by atoms with Crippen LogP contribution in [0.25, 0.3) is 32.1 Å². The Morgan fingerprint density at radius 1 is 1.27 bits per heavy atom. The summed E-state index contributed by atoms with van der Waals surface area (Å²) in [7, 11) is 0. The van der Waals surface area contributed by atoms with E-state index in [1.54, 1.807) is 11.0 Å². The molecule has 13 heteroatoms. The van der Waals surface area contributed by atoms with E-state index in [0.717, 1.165) is 50.1 Å². The summed E-state index contributed by atoms with van der Waals surface area (Å²) in [5.74, 6) is -0.906. The molecule has 2 aromatic heterocycles. The molecular formula is C38H42ClF2N7O2S. The molecule has 3 fully saturated rings. The van der Waals surface area contributed by atoms with Gasteiger partial charge in [0.1, 0.15) is 34.8 Å². The molecule has 9 nitrogen and oxygen atoms in total. The number of likely N-dealkylation sites (tertiary alicyclic amines) is 1. The van der Waals surface area contributed by atoms with E-state index in [1.165, 1.54) is 18.2 Å². The van der Waals surface area contributed by atoms with Crippen molar-refractivity contribution >= 4 is 60.7 Å². The summed E-state index contributed by atoms with van der Waals surface area (Å²) in [5, 5.41) is 14.8. The summed E-state index contributed by atoms with van der Waals surface area (Å²) in [4.78, 5) is 28.7. The molecule has 2 aromatic carbocycles. The Morgan fingerprint density at radius 3 is 2.69 bits per heavy atom. The Hall–Kier alpha value is -4.05. The van der Waals surface area contributed by atoms with Crippen molar-refractivity contribution in [1.82, 2.24) is 19.8 Å². The van der Waals surface area contributed by atoms with Crippen LogP contribution < -0.4 is 15.0 Å². The van der Waals surface area contributed by atoms with Gasteiger partial charge in [-0.1, -0.05) is 24.2 Å². The number of aromatic nitrogens is 2. The van der Waals surface area contributed by atoms with E-state index in [1.807, 2.05) is 27.7 Å². The lowest BCUT2D eigenvalue weighted by Gasteiger charge is -2.34. The Labute approximate surface area is 305 Å². The number of likely N-dealkylation sites (N-methyl/N-ethyl adjacent to an activating group) is 1. The van der Waals surface area contributed by atoms with Gasteiger partial charge in [-0.3, -0.25) is 9.69 Å². The average molecular weight is 734 g/mol. The van der Waals surface area contributed by atoms with Gasteiger partial charge < -0.3 is 19.9 Å². The highest BCUT2D eigenvalue weighted by molar-refractivity contribution is 7.23. The van der Waals surface area contributed by atoms with Gasteiger partial charge in [-0.05, 0) is 96.7 Å². The lowest BCUT2D eigenvalue weighted by Crippen LogP contribution is -2.45. The van der Waals surface area contributed by atoms with Crippen molar-refractivity contribution < 1.29 is 18.3 Å². The molecule has 3 saturated heterocycles. The van der Waals surface area contributed by atoms with Crippen molar-refractivity contribution in [1.29, 1.82) is 5.26 Å². The van der Waals surface area contributed by atoms with E-state index in [9.17, 15) is 10.1 Å². The number of fused-ring (bicyclic) bond motifs is 3. The standard InChI is InChI=1S/C38H42ClF2N7O2S/c1-6-29(49)48-17-12-28(22(48)5)47(7-2)35-24-18-26(39)31(23-10-11-27(40)34-30(23)25(19-42)36(51-34)43-21(3)4)32(41)33(24)44-37(45-35)50-20-38-13-8-15-46(38)16-9-14-38/h6,10-11,18,21-22,28,43H,1,7-9,12-17,20H2,2-5H3. The van der Waals surface area contributed by atoms with Gasteiger partial charge >= 0.3 is 6.01 Å². The van der Waals surface area contributed by atoms with Crippen molar-refractivity contribution in [2.24, 2.45) is 0 Å². The molecular weight excluding hydrogens is 692 g/mol. The fourth-order valence-electron chi connectivity index (χ4n) is 8.51. The smallest absolute Gasteiger partial charge is 0.319 e. The van der Waals surface area contributed by atoms with Crippen LogP contribution in [-0.4, -0.2) is 82.1 Å². The van der Waals surface area contributed by atoms with Crippen LogP contribution in [-0.2, 0) is 4.79 Å². The molecule has 0 spiro atoms. The average Bonchev–Trinajstić information content (AvgIpc) is 3.88. The third-order valence-electron chi connectivity index (χ3n) is 10.9. The number of rotatable bonds is 10. The van der Waals surface area contributed by atoms with Crippen molar-refractivity contribution in [3.8, 4) is 23.2 Å². The quantitative estimate of drug-likeness (QED) is 0.163. The minimum Gasteiger partial charge on any atom is -0.461 e. The Bertz CT molecular complexity index is 2070. The highest BCUT2D eigenvalue weighted by Crippen LogP contribution is 2.47. The molecule has 3 aliphatic rings. The van der Waals surface area contributed by atoms with Gasteiger partial charge in [-0.15, -0.1) is 11.3 Å². The SMILES string of the molecule is C=CC(=O)N1CCC(N(CC)c2nc(OCC34CCCN3CCC4)nc3c(F)c(-c4ccc(F)c5sc(NC(C)C)c(C#N)c45)c(Cl)cc23)C1C. The molecule has 0 aliphatic carbocycles. The highest BCUT2D eigenvalue weighted by Gasteiger charge is 2.45. The number of nitrogens with one attached hydrogen (secondary N) is 1. The fraction of sp³-hybridized carbons (Fsp3) is 0.474. The second-order valence-corrected chi connectivity index (χ2v) is 15.5. The van der Waals surface area contributed by atoms with Crippen LogP contribution in [0.2, 0.25) is 5.02 Å². The number of hydrogen-bond donors (Lipinski definition) is 1. The summed E-state index contributed by atoms with van der Waals surface area (Å²) in [6, 6.07) is 6.36. The number of hydrogen-bond acceptors (Lipinski definition) is 9. The van der Waals surface area contributed by atoms with Crippen LogP contribution in [0.1, 0.15) is 65.4 Å². The van der Waals surface area contributed by atoms with Crippen molar-refractivity contribution in [3.05, 3.63) is 53.1 Å². The van der Waals surface area contributed by atoms with Gasteiger partial charge in [-0.2, -0.15) is 15.2 Å². The van der Waals surface area contributed by atoms with Crippen molar-refractivity contribution in [2.75, 3.05) is 43.0 Å². The molecule has 5 heterocycles. The van der Waals surface area contributed by atoms with Gasteiger partial charge in [-0.25, -0.2) is 8.78 Å². The van der Waals surface area contributed by atoms with E-state index in [0.29, 0.717) is 53.3 Å². The second kappa shape index (κ2) is 13.8. The third kappa shape index (κ3) is 5.97. The highest BCUT2D eigenvalue weighted by atomic mass is 35.5. The predicted octanol–water partition coefficient (Wildman–Crippen LogP) is 8.14. The number of thiophene rings is 1. The number of carbonyl (C=O) groups excluding carboxylic acids is 1. The van der Waals surface area contributed by atoms with E-state index in [2.05, 4.69) is 27.8 Å². The van der Waals surface area contributed by atoms with Crippen molar-refractivity contribution in [2.45, 2.75) is 83.5 Å². The largest absolute Gasteiger partial charge is 0.461 e. The van der Waals surface area contributed by atoms with Gasteiger partial charge in [0, 0.05) is 41.5 Å². The maximum atomic E-state index is 17.3. The fourth-order valence-corrected chi connectivity index (χ4v) is 10.0. The van der Waals surface area contributed by atoms with Crippen molar-refractivity contribution in [3.63, 3.8) is 0 Å². The molecule has 0 radical (unpaired) electrons. The first-order chi connectivity index (χ1) is 24.5. The minimum atomic E-state index is -0.715.